The summed E-state index contributed by atoms with van der Waals surface area (Å²) in [5, 5.41) is 0. The molecule has 7 heteroatoms. The molecule has 3 nitrogen and oxygen atoms in total. The van der Waals surface area contributed by atoms with Crippen LogP contribution in [0.5, 0.6) is 5.75 Å². The standard InChI is InChI=1S/C10H8BrF3O3/c1-16-7(15)4-5-2-3-6(17-10(13)14)8(11)9(5)12/h2-3,10H,4H2,1H3. The Morgan fingerprint density at radius 2 is 2.12 bits per heavy atom. The smallest absolute Gasteiger partial charge is 0.387 e. The van der Waals surface area contributed by atoms with Gasteiger partial charge in [-0.3, -0.25) is 4.79 Å². The van der Waals surface area contributed by atoms with Crippen LogP contribution in [-0.2, 0) is 16.0 Å². The van der Waals surface area contributed by atoms with E-state index in [1.807, 2.05) is 0 Å². The summed E-state index contributed by atoms with van der Waals surface area (Å²) < 4.78 is 45.7. The highest BCUT2D eigenvalue weighted by Crippen LogP contribution is 2.31. The molecule has 0 aliphatic rings. The van der Waals surface area contributed by atoms with Crippen molar-refractivity contribution in [2.45, 2.75) is 13.0 Å². The number of esters is 1. The fourth-order valence-electron chi connectivity index (χ4n) is 1.12. The molecule has 0 amide bonds. The van der Waals surface area contributed by atoms with Gasteiger partial charge in [0.15, 0.2) is 0 Å². The molecule has 0 atom stereocenters. The molecular formula is C10H8BrF3O3. The second-order valence-corrected chi connectivity index (χ2v) is 3.78. The average molecular weight is 313 g/mol. The number of methoxy groups -OCH3 is 1. The summed E-state index contributed by atoms with van der Waals surface area (Å²) in [5.74, 6) is -1.78. The number of hydrogen-bond donors (Lipinski definition) is 0. The van der Waals surface area contributed by atoms with E-state index in [-0.39, 0.29) is 22.2 Å². The lowest BCUT2D eigenvalue weighted by Crippen LogP contribution is -2.08. The average Bonchev–Trinajstić information content (AvgIpc) is 2.28. The maximum atomic E-state index is 13.6. The Hall–Kier alpha value is -1.24. The minimum absolute atomic E-state index is 0.0327. The Bertz CT molecular complexity index is 424. The van der Waals surface area contributed by atoms with Crippen molar-refractivity contribution < 1.29 is 27.4 Å². The summed E-state index contributed by atoms with van der Waals surface area (Å²) in [7, 11) is 1.17. The first kappa shape index (κ1) is 13.8. The third-order valence-electron chi connectivity index (χ3n) is 1.91. The lowest BCUT2D eigenvalue weighted by atomic mass is 10.1. The van der Waals surface area contributed by atoms with E-state index in [1.54, 1.807) is 0 Å². The molecule has 0 bridgehead atoms. The van der Waals surface area contributed by atoms with Gasteiger partial charge in [0.25, 0.3) is 0 Å². The van der Waals surface area contributed by atoms with Crippen molar-refractivity contribution in [2.75, 3.05) is 7.11 Å². The van der Waals surface area contributed by atoms with Gasteiger partial charge in [0.1, 0.15) is 11.6 Å². The molecular weight excluding hydrogens is 305 g/mol. The van der Waals surface area contributed by atoms with Crippen molar-refractivity contribution in [1.29, 1.82) is 0 Å². The minimum Gasteiger partial charge on any atom is -0.469 e. The molecule has 1 rings (SSSR count). The van der Waals surface area contributed by atoms with Crippen molar-refractivity contribution in [3.05, 3.63) is 28.0 Å². The lowest BCUT2D eigenvalue weighted by molar-refractivity contribution is -0.139. The Morgan fingerprint density at radius 3 is 2.65 bits per heavy atom. The molecule has 1 aromatic rings. The molecule has 0 saturated carbocycles. The number of benzene rings is 1. The van der Waals surface area contributed by atoms with Crippen molar-refractivity contribution in [3.8, 4) is 5.75 Å². The zero-order valence-corrected chi connectivity index (χ0v) is 10.3. The summed E-state index contributed by atoms with van der Waals surface area (Å²) >= 11 is 2.79. The van der Waals surface area contributed by atoms with Gasteiger partial charge in [-0.15, -0.1) is 0 Å². The predicted octanol–water partition coefficient (Wildman–Crippen LogP) is 2.91. The van der Waals surface area contributed by atoms with Crippen LogP contribution in [0, 0.1) is 5.82 Å². The maximum absolute atomic E-state index is 13.6. The van der Waals surface area contributed by atoms with E-state index in [0.29, 0.717) is 0 Å². The van der Waals surface area contributed by atoms with Gasteiger partial charge in [-0.25, -0.2) is 4.39 Å². The lowest BCUT2D eigenvalue weighted by Gasteiger charge is -2.09. The molecule has 0 aromatic heterocycles. The molecule has 17 heavy (non-hydrogen) atoms. The quantitative estimate of drug-likeness (QED) is 0.802. The zero-order valence-electron chi connectivity index (χ0n) is 8.68. The van der Waals surface area contributed by atoms with Crippen LogP contribution in [0.3, 0.4) is 0 Å². The molecule has 0 spiro atoms. The fraction of sp³-hybridized carbons (Fsp3) is 0.300. The molecule has 0 radical (unpaired) electrons. The molecule has 0 heterocycles. The highest BCUT2D eigenvalue weighted by molar-refractivity contribution is 9.10. The van der Waals surface area contributed by atoms with Crippen molar-refractivity contribution >= 4 is 21.9 Å². The van der Waals surface area contributed by atoms with Crippen LogP contribution in [0.25, 0.3) is 0 Å². The van der Waals surface area contributed by atoms with Gasteiger partial charge < -0.3 is 9.47 Å². The molecule has 0 aliphatic carbocycles. The third kappa shape index (κ3) is 3.62. The van der Waals surface area contributed by atoms with E-state index in [1.165, 1.54) is 13.2 Å². The normalized spacial score (nSPS) is 10.5. The van der Waals surface area contributed by atoms with Gasteiger partial charge in [0, 0.05) is 5.56 Å². The van der Waals surface area contributed by atoms with Crippen LogP contribution in [0.2, 0.25) is 0 Å². The van der Waals surface area contributed by atoms with Crippen LogP contribution in [0.1, 0.15) is 5.56 Å². The summed E-state index contributed by atoms with van der Waals surface area (Å²) in [6.45, 7) is -3.04. The van der Waals surface area contributed by atoms with E-state index in [4.69, 9.17) is 0 Å². The Labute approximate surface area is 104 Å². The largest absolute Gasteiger partial charge is 0.469 e. The SMILES string of the molecule is COC(=O)Cc1ccc(OC(F)F)c(Br)c1F. The minimum atomic E-state index is -3.04. The first-order valence-electron chi connectivity index (χ1n) is 4.44. The molecule has 0 aliphatic heterocycles. The number of ether oxygens (including phenoxy) is 2. The zero-order chi connectivity index (χ0) is 13.0. The van der Waals surface area contributed by atoms with Gasteiger partial charge in [0.2, 0.25) is 0 Å². The predicted molar refractivity (Wildman–Crippen MR) is 56.5 cm³/mol. The summed E-state index contributed by atoms with van der Waals surface area (Å²) in [5.41, 5.74) is 0.0327. The fourth-order valence-corrected chi connectivity index (χ4v) is 1.60. The number of alkyl halides is 2. The summed E-state index contributed by atoms with van der Waals surface area (Å²) in [6.07, 6.45) is -0.282. The van der Waals surface area contributed by atoms with Crippen LogP contribution in [0.15, 0.2) is 16.6 Å². The summed E-state index contributed by atoms with van der Waals surface area (Å²) in [6, 6.07) is 2.34. The third-order valence-corrected chi connectivity index (χ3v) is 2.64. The second-order valence-electron chi connectivity index (χ2n) is 2.98. The van der Waals surface area contributed by atoms with Gasteiger partial charge in [-0.05, 0) is 22.0 Å². The van der Waals surface area contributed by atoms with Crippen LogP contribution < -0.4 is 4.74 Å². The topological polar surface area (TPSA) is 35.5 Å². The maximum Gasteiger partial charge on any atom is 0.387 e. The Morgan fingerprint density at radius 1 is 1.47 bits per heavy atom. The van der Waals surface area contributed by atoms with Gasteiger partial charge in [0.05, 0.1) is 18.0 Å². The van der Waals surface area contributed by atoms with E-state index < -0.39 is 18.4 Å². The number of halogens is 4. The van der Waals surface area contributed by atoms with Gasteiger partial charge in [-0.2, -0.15) is 8.78 Å². The van der Waals surface area contributed by atoms with E-state index in [2.05, 4.69) is 25.4 Å². The van der Waals surface area contributed by atoms with Crippen molar-refractivity contribution in [1.82, 2.24) is 0 Å². The van der Waals surface area contributed by atoms with Crippen LogP contribution in [0.4, 0.5) is 13.2 Å². The molecule has 0 fully saturated rings. The first-order chi connectivity index (χ1) is 7.95. The van der Waals surface area contributed by atoms with Gasteiger partial charge in [-0.1, -0.05) is 6.07 Å². The van der Waals surface area contributed by atoms with E-state index in [9.17, 15) is 18.0 Å². The molecule has 0 saturated heterocycles. The number of carbonyl (C=O) groups excluding carboxylic acids is 1. The molecule has 1 aromatic carbocycles. The molecule has 94 valence electrons. The number of rotatable bonds is 4. The molecule has 0 N–H and O–H groups in total. The number of hydrogen-bond acceptors (Lipinski definition) is 3. The monoisotopic (exact) mass is 312 g/mol. The first-order valence-corrected chi connectivity index (χ1v) is 5.23. The highest BCUT2D eigenvalue weighted by atomic mass is 79.9. The van der Waals surface area contributed by atoms with E-state index >= 15 is 0 Å². The second kappa shape index (κ2) is 5.90. The van der Waals surface area contributed by atoms with Crippen molar-refractivity contribution in [3.63, 3.8) is 0 Å². The number of carbonyl (C=O) groups is 1. The van der Waals surface area contributed by atoms with Crippen LogP contribution in [-0.4, -0.2) is 19.7 Å². The Balaban J connectivity index is 2.98. The Kier molecular flexibility index (Phi) is 4.80. The van der Waals surface area contributed by atoms with Gasteiger partial charge >= 0.3 is 12.6 Å². The summed E-state index contributed by atoms with van der Waals surface area (Å²) in [4.78, 5) is 11.0. The van der Waals surface area contributed by atoms with E-state index in [0.717, 1.165) is 6.07 Å². The highest BCUT2D eigenvalue weighted by Gasteiger charge is 2.17. The molecule has 0 unspecified atom stereocenters. The van der Waals surface area contributed by atoms with Crippen LogP contribution >= 0.6 is 15.9 Å². The van der Waals surface area contributed by atoms with Crippen molar-refractivity contribution in [2.24, 2.45) is 0 Å².